The number of carbonyl (C=O) groups excluding carboxylic acids is 1. The fraction of sp³-hybridized carbons (Fsp3) is 0.333. The van der Waals surface area contributed by atoms with Crippen molar-refractivity contribution in [2.24, 2.45) is 0 Å². The van der Waals surface area contributed by atoms with Crippen LogP contribution in [0.3, 0.4) is 0 Å². The van der Waals surface area contributed by atoms with Crippen molar-refractivity contribution in [1.29, 1.82) is 0 Å². The number of carbonyl (C=O) groups is 1. The molecular weight excluding hydrogens is 266 g/mol. The highest BCUT2D eigenvalue weighted by atomic mass is 16.1. The lowest BCUT2D eigenvalue weighted by atomic mass is 10.5. The number of H-pyrrole nitrogens is 2. The molecule has 0 unspecified atom stereocenters. The first-order chi connectivity index (χ1) is 10.2. The Morgan fingerprint density at radius 2 is 2.05 bits per heavy atom. The van der Waals surface area contributed by atoms with Gasteiger partial charge in [-0.25, -0.2) is 4.98 Å². The molecule has 0 aromatic carbocycles. The van der Waals surface area contributed by atoms with Crippen molar-refractivity contribution >= 4 is 18.3 Å². The van der Waals surface area contributed by atoms with Crippen LogP contribution >= 0.6 is 0 Å². The maximum Gasteiger partial charge on any atom is 0.197 e. The Labute approximate surface area is 126 Å². The van der Waals surface area contributed by atoms with E-state index in [1.165, 1.54) is 0 Å². The van der Waals surface area contributed by atoms with Gasteiger partial charge in [0.25, 0.3) is 0 Å². The molecule has 2 heterocycles. The van der Waals surface area contributed by atoms with E-state index in [0.29, 0.717) is 11.6 Å². The van der Waals surface area contributed by atoms with Crippen LogP contribution in [0, 0.1) is 0 Å². The van der Waals surface area contributed by atoms with E-state index in [1.54, 1.807) is 30.6 Å². The standard InChI is InChI=1S/C5H7N3.C5H5NO.C3H9N.C2H6/c1-2-4-3-7-5(6)8-4;7-4-5-2-1-3-6-5;1-3-4-2;1-2/h2-3H,1H2,(H3,6,7,8);1-4,6H;4H,3H2,1-2H3;1-2H3. The van der Waals surface area contributed by atoms with E-state index >= 15 is 0 Å². The first kappa shape index (κ1) is 21.0. The molecule has 2 rings (SSSR count). The lowest BCUT2D eigenvalue weighted by Gasteiger charge is -1.77. The van der Waals surface area contributed by atoms with Crippen molar-refractivity contribution < 1.29 is 4.79 Å². The second kappa shape index (κ2) is 15.7. The molecule has 0 amide bonds. The largest absolute Gasteiger partial charge is 0.369 e. The fourth-order valence-corrected chi connectivity index (χ4v) is 0.873. The number of aldehydes is 1. The Balaban J connectivity index is 0. The Hall–Kier alpha value is -2.34. The molecule has 0 aliphatic heterocycles. The maximum atomic E-state index is 9.84. The molecular formula is C15H27N5O. The van der Waals surface area contributed by atoms with Gasteiger partial charge in [0.2, 0.25) is 0 Å². The van der Waals surface area contributed by atoms with Crippen LogP contribution in [0.1, 0.15) is 37.0 Å². The van der Waals surface area contributed by atoms with Crippen molar-refractivity contribution in [3.05, 3.63) is 42.5 Å². The van der Waals surface area contributed by atoms with E-state index in [-0.39, 0.29) is 0 Å². The van der Waals surface area contributed by atoms with Gasteiger partial charge in [0.1, 0.15) is 0 Å². The van der Waals surface area contributed by atoms with Gasteiger partial charge in [-0.1, -0.05) is 27.4 Å². The molecule has 0 saturated carbocycles. The second-order valence-electron chi connectivity index (χ2n) is 3.38. The van der Waals surface area contributed by atoms with Gasteiger partial charge in [-0.2, -0.15) is 0 Å². The SMILES string of the molecule is C=Cc1cnc(N)[nH]1.CC.CCNC.O=Cc1ccc[nH]1. The van der Waals surface area contributed by atoms with Gasteiger partial charge in [0.05, 0.1) is 17.6 Å². The zero-order chi connectivity index (χ0) is 16.5. The van der Waals surface area contributed by atoms with E-state index in [0.717, 1.165) is 18.5 Å². The molecule has 118 valence electrons. The van der Waals surface area contributed by atoms with E-state index in [1.807, 2.05) is 20.9 Å². The summed E-state index contributed by atoms with van der Waals surface area (Å²) in [6.07, 6.45) is 5.77. The summed E-state index contributed by atoms with van der Waals surface area (Å²) in [5.74, 6) is 0.430. The third-order valence-corrected chi connectivity index (χ3v) is 1.94. The van der Waals surface area contributed by atoms with Crippen LogP contribution in [-0.2, 0) is 0 Å². The average Bonchev–Trinajstić information content (AvgIpc) is 3.21. The summed E-state index contributed by atoms with van der Waals surface area (Å²) in [5.41, 5.74) is 6.71. The van der Waals surface area contributed by atoms with E-state index in [2.05, 4.69) is 33.8 Å². The number of hydrogen-bond acceptors (Lipinski definition) is 4. The number of nitrogens with one attached hydrogen (secondary N) is 3. The summed E-state index contributed by atoms with van der Waals surface area (Å²) >= 11 is 0. The Bertz CT molecular complexity index is 446. The quantitative estimate of drug-likeness (QED) is 0.654. The smallest absolute Gasteiger partial charge is 0.197 e. The summed E-state index contributed by atoms with van der Waals surface area (Å²) in [5, 5.41) is 2.93. The van der Waals surface area contributed by atoms with Crippen molar-refractivity contribution in [2.75, 3.05) is 19.3 Å². The van der Waals surface area contributed by atoms with Crippen molar-refractivity contribution in [3.63, 3.8) is 0 Å². The topological polar surface area (TPSA) is 99.6 Å². The van der Waals surface area contributed by atoms with Gasteiger partial charge in [0, 0.05) is 6.20 Å². The number of aromatic nitrogens is 3. The van der Waals surface area contributed by atoms with Gasteiger partial charge < -0.3 is 21.0 Å². The Morgan fingerprint density at radius 3 is 2.24 bits per heavy atom. The summed E-state index contributed by atoms with van der Waals surface area (Å²) in [6.45, 7) is 10.7. The highest BCUT2D eigenvalue weighted by Gasteiger charge is 1.87. The van der Waals surface area contributed by atoms with Gasteiger partial charge in [-0.05, 0) is 31.8 Å². The third-order valence-electron chi connectivity index (χ3n) is 1.94. The van der Waals surface area contributed by atoms with Gasteiger partial charge in [-0.3, -0.25) is 4.79 Å². The molecule has 0 spiro atoms. The monoisotopic (exact) mass is 293 g/mol. The second-order valence-corrected chi connectivity index (χ2v) is 3.38. The molecule has 5 N–H and O–H groups in total. The number of imidazole rings is 1. The number of hydrogen-bond donors (Lipinski definition) is 4. The molecule has 0 atom stereocenters. The number of nitrogen functional groups attached to an aromatic ring is 1. The molecule has 0 radical (unpaired) electrons. The summed E-state index contributed by atoms with van der Waals surface area (Å²) in [4.78, 5) is 19.1. The molecule has 0 aliphatic rings. The molecule has 6 heteroatoms. The molecule has 2 aromatic heterocycles. The first-order valence-electron chi connectivity index (χ1n) is 6.84. The number of aromatic amines is 2. The van der Waals surface area contributed by atoms with Crippen LogP contribution in [0.5, 0.6) is 0 Å². The molecule has 0 saturated heterocycles. The first-order valence-corrected chi connectivity index (χ1v) is 6.84. The Morgan fingerprint density at radius 1 is 1.43 bits per heavy atom. The zero-order valence-corrected chi connectivity index (χ0v) is 13.3. The maximum absolute atomic E-state index is 9.84. The van der Waals surface area contributed by atoms with Crippen molar-refractivity contribution in [1.82, 2.24) is 20.3 Å². The molecule has 0 aliphatic carbocycles. The minimum atomic E-state index is 0.430. The van der Waals surface area contributed by atoms with E-state index < -0.39 is 0 Å². The molecule has 2 aromatic rings. The summed E-state index contributed by atoms with van der Waals surface area (Å²) in [6, 6.07) is 3.50. The summed E-state index contributed by atoms with van der Waals surface area (Å²) in [7, 11) is 1.93. The predicted molar refractivity (Wildman–Crippen MR) is 90.2 cm³/mol. The zero-order valence-electron chi connectivity index (χ0n) is 13.3. The van der Waals surface area contributed by atoms with Gasteiger partial charge in [-0.15, -0.1) is 0 Å². The molecule has 21 heavy (non-hydrogen) atoms. The predicted octanol–water partition coefficient (Wildman–Crippen LogP) is 2.71. The average molecular weight is 293 g/mol. The van der Waals surface area contributed by atoms with Crippen LogP contribution in [0.4, 0.5) is 5.95 Å². The van der Waals surface area contributed by atoms with Crippen LogP contribution in [-0.4, -0.2) is 34.8 Å². The number of nitrogens with zero attached hydrogens (tertiary/aromatic N) is 1. The minimum Gasteiger partial charge on any atom is -0.369 e. The van der Waals surface area contributed by atoms with Crippen molar-refractivity contribution in [3.8, 4) is 0 Å². The van der Waals surface area contributed by atoms with Crippen molar-refractivity contribution in [2.45, 2.75) is 20.8 Å². The third kappa shape index (κ3) is 12.4. The van der Waals surface area contributed by atoms with Gasteiger partial charge in [0.15, 0.2) is 12.2 Å². The van der Waals surface area contributed by atoms with Crippen LogP contribution in [0.2, 0.25) is 0 Å². The normalized spacial score (nSPS) is 8.00. The Kier molecular flexibility index (Phi) is 15.7. The van der Waals surface area contributed by atoms with Gasteiger partial charge >= 0.3 is 0 Å². The highest BCUT2D eigenvalue weighted by molar-refractivity contribution is 5.71. The van der Waals surface area contributed by atoms with E-state index in [9.17, 15) is 4.79 Å². The summed E-state index contributed by atoms with van der Waals surface area (Å²) < 4.78 is 0. The van der Waals surface area contributed by atoms with E-state index in [4.69, 9.17) is 5.73 Å². The molecule has 6 nitrogen and oxygen atoms in total. The van der Waals surface area contributed by atoms with Crippen LogP contribution in [0.15, 0.2) is 31.1 Å². The fourth-order valence-electron chi connectivity index (χ4n) is 0.873. The number of rotatable bonds is 3. The number of nitrogens with two attached hydrogens (primary N) is 1. The number of anilines is 1. The lowest BCUT2D eigenvalue weighted by molar-refractivity contribution is 0.111. The highest BCUT2D eigenvalue weighted by Crippen LogP contribution is 1.96. The molecule has 0 bridgehead atoms. The van der Waals surface area contributed by atoms with Crippen LogP contribution < -0.4 is 11.1 Å². The minimum absolute atomic E-state index is 0.430. The molecule has 0 fully saturated rings. The lowest BCUT2D eigenvalue weighted by Crippen LogP contribution is -2.01. The van der Waals surface area contributed by atoms with Crippen LogP contribution in [0.25, 0.3) is 6.08 Å².